The third-order valence-electron chi connectivity index (χ3n) is 2.64. The maximum absolute atomic E-state index is 13.6. The van der Waals surface area contributed by atoms with Crippen molar-refractivity contribution in [3.8, 4) is 5.75 Å². The van der Waals surface area contributed by atoms with Gasteiger partial charge in [0.25, 0.3) is 5.92 Å². The molecule has 1 N–H and O–H groups in total. The molecule has 0 radical (unpaired) electrons. The fraction of sp³-hybridized carbons (Fsp3) is 0.455. The number of ether oxygens (including phenoxy) is 1. The summed E-state index contributed by atoms with van der Waals surface area (Å²) in [6.45, 7) is 0.812. The molecule has 0 aliphatic carbocycles. The summed E-state index contributed by atoms with van der Waals surface area (Å²) in [6.07, 6.45) is -0.146. The lowest BCUT2D eigenvalue weighted by atomic mass is 10.0. The SMILES string of the molecule is COc1ccc2c(c1)CNCCC2(F)F. The fourth-order valence-corrected chi connectivity index (χ4v) is 1.80. The van der Waals surface area contributed by atoms with Gasteiger partial charge in [0.05, 0.1) is 7.11 Å². The van der Waals surface area contributed by atoms with Crippen LogP contribution in [0, 0.1) is 0 Å². The van der Waals surface area contributed by atoms with E-state index in [9.17, 15) is 8.78 Å². The van der Waals surface area contributed by atoms with Crippen LogP contribution in [0.5, 0.6) is 5.75 Å². The minimum atomic E-state index is -2.73. The smallest absolute Gasteiger partial charge is 0.274 e. The van der Waals surface area contributed by atoms with Crippen molar-refractivity contribution < 1.29 is 13.5 Å². The van der Waals surface area contributed by atoms with Gasteiger partial charge in [-0.05, 0) is 23.8 Å². The maximum Gasteiger partial charge on any atom is 0.274 e. The Kier molecular flexibility index (Phi) is 2.61. The molecule has 1 aliphatic heterocycles. The summed E-state index contributed by atoms with van der Waals surface area (Å²) in [7, 11) is 1.53. The molecule has 2 rings (SSSR count). The number of fused-ring (bicyclic) bond motifs is 1. The normalized spacial score (nSPS) is 19.1. The van der Waals surface area contributed by atoms with Gasteiger partial charge in [-0.3, -0.25) is 0 Å². The Labute approximate surface area is 87.2 Å². The first-order chi connectivity index (χ1) is 7.13. The molecule has 82 valence electrons. The highest BCUT2D eigenvalue weighted by Gasteiger charge is 2.34. The van der Waals surface area contributed by atoms with Crippen LogP contribution in [0.15, 0.2) is 18.2 Å². The van der Waals surface area contributed by atoms with Crippen molar-refractivity contribution >= 4 is 0 Å². The molecule has 0 atom stereocenters. The van der Waals surface area contributed by atoms with Crippen LogP contribution >= 0.6 is 0 Å². The molecule has 1 aromatic rings. The van der Waals surface area contributed by atoms with Crippen LogP contribution in [0.25, 0.3) is 0 Å². The van der Waals surface area contributed by atoms with E-state index in [0.29, 0.717) is 24.4 Å². The molecule has 0 fully saturated rings. The zero-order valence-electron chi connectivity index (χ0n) is 8.52. The van der Waals surface area contributed by atoms with Gasteiger partial charge in [-0.1, -0.05) is 0 Å². The van der Waals surface area contributed by atoms with Gasteiger partial charge in [0.15, 0.2) is 0 Å². The minimum Gasteiger partial charge on any atom is -0.497 e. The quantitative estimate of drug-likeness (QED) is 0.772. The lowest BCUT2D eigenvalue weighted by molar-refractivity contribution is -0.0106. The van der Waals surface area contributed by atoms with E-state index < -0.39 is 5.92 Å². The first kappa shape index (κ1) is 10.4. The highest BCUT2D eigenvalue weighted by molar-refractivity contribution is 5.38. The Bertz CT molecular complexity index is 366. The van der Waals surface area contributed by atoms with Crippen LogP contribution in [-0.2, 0) is 12.5 Å². The van der Waals surface area contributed by atoms with Gasteiger partial charge in [-0.25, -0.2) is 8.78 Å². The summed E-state index contributed by atoms with van der Waals surface area (Å²) >= 11 is 0. The van der Waals surface area contributed by atoms with Crippen molar-refractivity contribution in [3.05, 3.63) is 29.3 Å². The average molecular weight is 213 g/mol. The zero-order chi connectivity index (χ0) is 10.9. The molecule has 1 aromatic carbocycles. The Morgan fingerprint density at radius 2 is 2.20 bits per heavy atom. The van der Waals surface area contributed by atoms with Crippen LogP contribution in [-0.4, -0.2) is 13.7 Å². The molecule has 2 nitrogen and oxygen atoms in total. The van der Waals surface area contributed by atoms with Gasteiger partial charge in [-0.15, -0.1) is 0 Å². The molecule has 0 saturated carbocycles. The van der Waals surface area contributed by atoms with E-state index in [-0.39, 0.29) is 12.0 Å². The fourth-order valence-electron chi connectivity index (χ4n) is 1.80. The van der Waals surface area contributed by atoms with Gasteiger partial charge in [0.1, 0.15) is 5.75 Å². The lowest BCUT2D eigenvalue weighted by Gasteiger charge is -2.16. The number of hydrogen-bond donors (Lipinski definition) is 1. The van der Waals surface area contributed by atoms with Gasteiger partial charge in [0.2, 0.25) is 0 Å². The Morgan fingerprint density at radius 3 is 2.93 bits per heavy atom. The first-order valence-electron chi connectivity index (χ1n) is 4.89. The highest BCUT2D eigenvalue weighted by Crippen LogP contribution is 2.36. The van der Waals surface area contributed by atoms with Crippen molar-refractivity contribution in [2.24, 2.45) is 0 Å². The number of nitrogens with one attached hydrogen (secondary N) is 1. The molecular formula is C11H13F2NO. The van der Waals surface area contributed by atoms with E-state index in [1.54, 1.807) is 12.1 Å². The summed E-state index contributed by atoms with van der Waals surface area (Å²) in [4.78, 5) is 0. The Morgan fingerprint density at radius 1 is 1.40 bits per heavy atom. The van der Waals surface area contributed by atoms with E-state index in [1.807, 2.05) is 0 Å². The summed E-state index contributed by atoms with van der Waals surface area (Å²) in [5.74, 6) is -2.11. The van der Waals surface area contributed by atoms with Gasteiger partial charge in [-0.2, -0.15) is 0 Å². The second-order valence-electron chi connectivity index (χ2n) is 3.65. The molecule has 4 heteroatoms. The van der Waals surface area contributed by atoms with E-state index in [1.165, 1.54) is 13.2 Å². The Hall–Kier alpha value is -1.16. The predicted molar refractivity (Wildman–Crippen MR) is 53.2 cm³/mol. The van der Waals surface area contributed by atoms with Crippen molar-refractivity contribution in [2.45, 2.75) is 18.9 Å². The van der Waals surface area contributed by atoms with Crippen LogP contribution in [0.4, 0.5) is 8.78 Å². The molecule has 1 aliphatic rings. The van der Waals surface area contributed by atoms with Crippen LogP contribution < -0.4 is 10.1 Å². The van der Waals surface area contributed by atoms with Crippen LogP contribution in [0.1, 0.15) is 17.5 Å². The van der Waals surface area contributed by atoms with E-state index in [4.69, 9.17) is 4.74 Å². The monoisotopic (exact) mass is 213 g/mol. The molecule has 0 amide bonds. The maximum atomic E-state index is 13.6. The number of halogens is 2. The van der Waals surface area contributed by atoms with E-state index in [0.717, 1.165) is 0 Å². The molecule has 1 heterocycles. The number of hydrogen-bond acceptors (Lipinski definition) is 2. The van der Waals surface area contributed by atoms with Crippen molar-refractivity contribution in [3.63, 3.8) is 0 Å². The molecular weight excluding hydrogens is 200 g/mol. The second-order valence-corrected chi connectivity index (χ2v) is 3.65. The van der Waals surface area contributed by atoms with Gasteiger partial charge >= 0.3 is 0 Å². The van der Waals surface area contributed by atoms with Crippen molar-refractivity contribution in [2.75, 3.05) is 13.7 Å². The summed E-state index contributed by atoms with van der Waals surface area (Å²) in [5.41, 5.74) is 0.741. The highest BCUT2D eigenvalue weighted by atomic mass is 19.3. The summed E-state index contributed by atoms with van der Waals surface area (Å²) in [6, 6.07) is 4.71. The number of methoxy groups -OCH3 is 1. The van der Waals surface area contributed by atoms with Crippen LogP contribution in [0.3, 0.4) is 0 Å². The lowest BCUT2D eigenvalue weighted by Crippen LogP contribution is -2.17. The minimum absolute atomic E-state index is 0.119. The number of alkyl halides is 2. The van der Waals surface area contributed by atoms with Gasteiger partial charge in [0, 0.05) is 25.1 Å². The van der Waals surface area contributed by atoms with E-state index >= 15 is 0 Å². The van der Waals surface area contributed by atoms with Crippen LogP contribution in [0.2, 0.25) is 0 Å². The van der Waals surface area contributed by atoms with Crippen molar-refractivity contribution in [1.82, 2.24) is 5.32 Å². The molecule has 0 saturated heterocycles. The molecule has 0 spiro atoms. The topological polar surface area (TPSA) is 21.3 Å². The van der Waals surface area contributed by atoms with E-state index in [2.05, 4.69) is 5.32 Å². The summed E-state index contributed by atoms with van der Waals surface area (Å²) < 4.78 is 32.2. The molecule has 0 aromatic heterocycles. The predicted octanol–water partition coefficient (Wildman–Crippen LogP) is 2.28. The molecule has 0 unspecified atom stereocenters. The average Bonchev–Trinajstić information content (AvgIpc) is 2.37. The Balaban J connectivity index is 2.46. The van der Waals surface area contributed by atoms with Crippen molar-refractivity contribution in [1.29, 1.82) is 0 Å². The zero-order valence-corrected chi connectivity index (χ0v) is 8.52. The standard InChI is InChI=1S/C11H13F2NO/c1-15-9-2-3-10-8(6-9)7-14-5-4-11(10,12)13/h2-3,6,14H,4-5,7H2,1H3. The second kappa shape index (κ2) is 3.77. The number of rotatable bonds is 1. The molecule has 0 bridgehead atoms. The largest absolute Gasteiger partial charge is 0.497 e. The third kappa shape index (κ3) is 1.95. The third-order valence-corrected chi connectivity index (χ3v) is 2.64. The molecule has 15 heavy (non-hydrogen) atoms. The number of benzene rings is 1. The summed E-state index contributed by atoms with van der Waals surface area (Å²) in [5, 5.41) is 2.97. The first-order valence-corrected chi connectivity index (χ1v) is 4.89. The van der Waals surface area contributed by atoms with Gasteiger partial charge < -0.3 is 10.1 Å².